The van der Waals surface area contributed by atoms with E-state index >= 15 is 0 Å². The Morgan fingerprint density at radius 1 is 1.08 bits per heavy atom. The molecule has 0 atom stereocenters. The van der Waals surface area contributed by atoms with Gasteiger partial charge in [0.2, 0.25) is 0 Å². The SMILES string of the molecule is C=C(C=C(C)C)/C=C(\C)C(C)=O. The van der Waals surface area contributed by atoms with E-state index < -0.39 is 0 Å². The maximum atomic E-state index is 10.8. The minimum Gasteiger partial charge on any atom is -0.295 e. The largest absolute Gasteiger partial charge is 0.295 e. The number of carbonyl (C=O) groups excluding carboxylic acids is 1. The molecule has 0 aliphatic carbocycles. The smallest absolute Gasteiger partial charge is 0.155 e. The molecule has 0 rings (SSSR count). The van der Waals surface area contributed by atoms with E-state index in [-0.39, 0.29) is 5.78 Å². The summed E-state index contributed by atoms with van der Waals surface area (Å²) < 4.78 is 0. The average molecular weight is 164 g/mol. The lowest BCUT2D eigenvalue weighted by molar-refractivity contribution is -0.113. The fourth-order valence-electron chi connectivity index (χ4n) is 0.792. The van der Waals surface area contributed by atoms with Gasteiger partial charge in [-0.15, -0.1) is 0 Å². The third-order valence-electron chi connectivity index (χ3n) is 1.43. The van der Waals surface area contributed by atoms with Crippen LogP contribution in [0, 0.1) is 0 Å². The van der Waals surface area contributed by atoms with Gasteiger partial charge in [-0.2, -0.15) is 0 Å². The first-order chi connectivity index (χ1) is 5.43. The molecule has 0 aliphatic rings. The number of Topliss-reactive ketones (excluding diaryl/α,β-unsaturated/α-hetero) is 1. The minimum atomic E-state index is 0.0957. The summed E-state index contributed by atoms with van der Waals surface area (Å²) in [6.07, 6.45) is 3.75. The molecule has 0 spiro atoms. The molecule has 0 saturated carbocycles. The van der Waals surface area contributed by atoms with Crippen LogP contribution in [-0.4, -0.2) is 5.78 Å². The summed E-state index contributed by atoms with van der Waals surface area (Å²) in [6.45, 7) is 11.2. The molecule has 0 aromatic heterocycles. The van der Waals surface area contributed by atoms with Gasteiger partial charge in [0.25, 0.3) is 0 Å². The summed E-state index contributed by atoms with van der Waals surface area (Å²) in [5.74, 6) is 0.0957. The Morgan fingerprint density at radius 3 is 1.92 bits per heavy atom. The molecular weight excluding hydrogens is 148 g/mol. The van der Waals surface area contributed by atoms with E-state index in [0.717, 1.165) is 11.1 Å². The summed E-state index contributed by atoms with van der Waals surface area (Å²) in [4.78, 5) is 10.8. The van der Waals surface area contributed by atoms with E-state index in [2.05, 4.69) is 6.58 Å². The molecule has 1 heteroatoms. The van der Waals surface area contributed by atoms with Crippen LogP contribution in [0.2, 0.25) is 0 Å². The van der Waals surface area contributed by atoms with Crippen LogP contribution in [-0.2, 0) is 4.79 Å². The molecule has 0 saturated heterocycles. The van der Waals surface area contributed by atoms with Crippen molar-refractivity contribution in [2.75, 3.05) is 0 Å². The normalized spacial score (nSPS) is 10.8. The van der Waals surface area contributed by atoms with Gasteiger partial charge >= 0.3 is 0 Å². The highest BCUT2D eigenvalue weighted by atomic mass is 16.1. The number of hydrogen-bond acceptors (Lipinski definition) is 1. The van der Waals surface area contributed by atoms with Gasteiger partial charge in [-0.1, -0.05) is 18.2 Å². The molecule has 12 heavy (non-hydrogen) atoms. The van der Waals surface area contributed by atoms with Gasteiger partial charge in [0.1, 0.15) is 0 Å². The van der Waals surface area contributed by atoms with Gasteiger partial charge in [0, 0.05) is 0 Å². The van der Waals surface area contributed by atoms with E-state index in [4.69, 9.17) is 0 Å². The third kappa shape index (κ3) is 4.67. The van der Waals surface area contributed by atoms with Crippen molar-refractivity contribution in [1.29, 1.82) is 0 Å². The maximum Gasteiger partial charge on any atom is 0.155 e. The Balaban J connectivity index is 4.46. The molecular formula is C11H16O. The van der Waals surface area contributed by atoms with Crippen LogP contribution in [0.3, 0.4) is 0 Å². The standard InChI is InChI=1S/C11H16O/c1-8(2)6-9(3)7-10(4)11(5)12/h6-7H,3H2,1-2,4-5H3/b10-7+. The predicted octanol–water partition coefficient (Wildman–Crippen LogP) is 3.04. The Morgan fingerprint density at radius 2 is 1.58 bits per heavy atom. The van der Waals surface area contributed by atoms with E-state index in [1.54, 1.807) is 19.9 Å². The number of hydrogen-bond donors (Lipinski definition) is 0. The highest BCUT2D eigenvalue weighted by molar-refractivity contribution is 5.93. The van der Waals surface area contributed by atoms with E-state index in [1.165, 1.54) is 5.57 Å². The van der Waals surface area contributed by atoms with Crippen LogP contribution < -0.4 is 0 Å². The van der Waals surface area contributed by atoms with Gasteiger partial charge in [0.05, 0.1) is 0 Å². The van der Waals surface area contributed by atoms with Gasteiger partial charge in [0.15, 0.2) is 5.78 Å². The summed E-state index contributed by atoms with van der Waals surface area (Å²) in [5.41, 5.74) is 2.81. The number of rotatable bonds is 3. The summed E-state index contributed by atoms with van der Waals surface area (Å²) in [6, 6.07) is 0. The van der Waals surface area contributed by atoms with Crippen molar-refractivity contribution in [2.45, 2.75) is 27.7 Å². The number of allylic oxidation sites excluding steroid dienone is 5. The average Bonchev–Trinajstić information content (AvgIpc) is 1.84. The van der Waals surface area contributed by atoms with Gasteiger partial charge in [-0.25, -0.2) is 0 Å². The van der Waals surface area contributed by atoms with E-state index in [1.807, 2.05) is 19.9 Å². The fraction of sp³-hybridized carbons (Fsp3) is 0.364. The quantitative estimate of drug-likeness (QED) is 0.463. The Hall–Kier alpha value is -1.11. The molecule has 0 aliphatic heterocycles. The van der Waals surface area contributed by atoms with Crippen molar-refractivity contribution < 1.29 is 4.79 Å². The fourth-order valence-corrected chi connectivity index (χ4v) is 0.792. The minimum absolute atomic E-state index is 0.0957. The van der Waals surface area contributed by atoms with Crippen LogP contribution in [0.25, 0.3) is 0 Å². The monoisotopic (exact) mass is 164 g/mol. The van der Waals surface area contributed by atoms with Crippen molar-refractivity contribution in [1.82, 2.24) is 0 Å². The first kappa shape index (κ1) is 10.9. The Kier molecular flexibility index (Phi) is 4.27. The third-order valence-corrected chi connectivity index (χ3v) is 1.43. The van der Waals surface area contributed by atoms with Crippen molar-refractivity contribution in [3.63, 3.8) is 0 Å². The van der Waals surface area contributed by atoms with Crippen molar-refractivity contribution in [2.24, 2.45) is 0 Å². The molecule has 0 bridgehead atoms. The zero-order chi connectivity index (χ0) is 9.72. The van der Waals surface area contributed by atoms with Crippen LogP contribution in [0.1, 0.15) is 27.7 Å². The van der Waals surface area contributed by atoms with Gasteiger partial charge in [-0.05, 0) is 44.9 Å². The van der Waals surface area contributed by atoms with Gasteiger partial charge < -0.3 is 0 Å². The summed E-state index contributed by atoms with van der Waals surface area (Å²) in [5, 5.41) is 0. The van der Waals surface area contributed by atoms with Crippen LogP contribution >= 0.6 is 0 Å². The molecule has 66 valence electrons. The summed E-state index contributed by atoms with van der Waals surface area (Å²) >= 11 is 0. The molecule has 0 fully saturated rings. The number of carbonyl (C=O) groups is 1. The van der Waals surface area contributed by atoms with Crippen LogP contribution in [0.5, 0.6) is 0 Å². The van der Waals surface area contributed by atoms with Crippen molar-refractivity contribution in [3.8, 4) is 0 Å². The molecule has 0 heterocycles. The topological polar surface area (TPSA) is 17.1 Å². The second kappa shape index (κ2) is 4.70. The summed E-state index contributed by atoms with van der Waals surface area (Å²) in [7, 11) is 0. The Bertz CT molecular complexity index is 250. The highest BCUT2D eigenvalue weighted by Crippen LogP contribution is 2.05. The zero-order valence-electron chi connectivity index (χ0n) is 8.27. The molecule has 0 N–H and O–H groups in total. The second-order valence-corrected chi connectivity index (χ2v) is 3.18. The molecule has 0 radical (unpaired) electrons. The first-order valence-corrected chi connectivity index (χ1v) is 3.96. The van der Waals surface area contributed by atoms with Crippen LogP contribution in [0.4, 0.5) is 0 Å². The lowest BCUT2D eigenvalue weighted by Crippen LogP contribution is -1.91. The van der Waals surface area contributed by atoms with Crippen molar-refractivity contribution >= 4 is 5.78 Å². The Labute approximate surface area is 74.5 Å². The zero-order valence-corrected chi connectivity index (χ0v) is 8.27. The molecule has 0 unspecified atom stereocenters. The first-order valence-electron chi connectivity index (χ1n) is 3.96. The maximum absolute atomic E-state index is 10.8. The second-order valence-electron chi connectivity index (χ2n) is 3.18. The number of ketones is 1. The molecule has 0 aromatic rings. The lowest BCUT2D eigenvalue weighted by atomic mass is 10.1. The molecule has 0 aromatic carbocycles. The predicted molar refractivity (Wildman–Crippen MR) is 53.0 cm³/mol. The lowest BCUT2D eigenvalue weighted by Gasteiger charge is -1.95. The van der Waals surface area contributed by atoms with E-state index in [9.17, 15) is 4.79 Å². The van der Waals surface area contributed by atoms with E-state index in [0.29, 0.717) is 0 Å². The van der Waals surface area contributed by atoms with Gasteiger partial charge in [-0.3, -0.25) is 4.79 Å². The van der Waals surface area contributed by atoms with Crippen LogP contribution in [0.15, 0.2) is 35.5 Å². The highest BCUT2D eigenvalue weighted by Gasteiger charge is 1.94. The molecule has 0 amide bonds. The van der Waals surface area contributed by atoms with Crippen molar-refractivity contribution in [3.05, 3.63) is 35.5 Å². The molecule has 1 nitrogen and oxygen atoms in total.